The molecule has 2 N–H and O–H groups in total. The van der Waals surface area contributed by atoms with Crippen LogP contribution in [0.1, 0.15) is 32.6 Å². The normalized spacial score (nSPS) is 15.5. The highest BCUT2D eigenvalue weighted by Crippen LogP contribution is 2.24. The van der Waals surface area contributed by atoms with Crippen LogP contribution < -0.4 is 5.32 Å². The maximum Gasteiger partial charge on any atom is 0.389 e. The van der Waals surface area contributed by atoms with Crippen LogP contribution in [0.4, 0.5) is 13.2 Å². The van der Waals surface area contributed by atoms with Gasteiger partial charge in [-0.15, -0.1) is 0 Å². The molecule has 0 fully saturated rings. The van der Waals surface area contributed by atoms with Crippen molar-refractivity contribution in [2.75, 3.05) is 13.2 Å². The summed E-state index contributed by atoms with van der Waals surface area (Å²) in [5.74, 6) is 0. The number of alkyl halides is 3. The van der Waals surface area contributed by atoms with Crippen molar-refractivity contribution in [2.45, 2.75) is 44.3 Å². The number of hydrogen-bond donors (Lipinski definition) is 2. The minimum absolute atomic E-state index is 0.00292. The first-order chi connectivity index (χ1) is 7.33. The second-order valence-corrected chi connectivity index (χ2v) is 3.92. The quantitative estimate of drug-likeness (QED) is 0.667. The molecule has 0 saturated heterocycles. The molecule has 1 atom stereocenters. The molecule has 0 rings (SSSR count). The van der Waals surface area contributed by atoms with Crippen molar-refractivity contribution in [2.24, 2.45) is 0 Å². The molecular formula is C10H17F3N2O. The van der Waals surface area contributed by atoms with Crippen LogP contribution in [-0.2, 0) is 0 Å². The third-order valence-corrected chi connectivity index (χ3v) is 2.23. The first-order valence-corrected chi connectivity index (χ1v) is 5.17. The van der Waals surface area contributed by atoms with Gasteiger partial charge >= 0.3 is 6.18 Å². The van der Waals surface area contributed by atoms with Crippen molar-refractivity contribution in [1.82, 2.24) is 5.32 Å². The summed E-state index contributed by atoms with van der Waals surface area (Å²) in [7, 11) is 0. The highest BCUT2D eigenvalue weighted by molar-refractivity contribution is 5.03. The molecule has 0 aromatic heterocycles. The maximum atomic E-state index is 11.9. The average Bonchev–Trinajstić information content (AvgIpc) is 2.16. The second-order valence-electron chi connectivity index (χ2n) is 3.92. The van der Waals surface area contributed by atoms with Gasteiger partial charge in [-0.2, -0.15) is 18.4 Å². The minimum Gasteiger partial charge on any atom is -0.396 e. The molecule has 0 aliphatic rings. The van der Waals surface area contributed by atoms with Crippen molar-refractivity contribution in [3.05, 3.63) is 0 Å². The van der Waals surface area contributed by atoms with Crippen molar-refractivity contribution >= 4 is 0 Å². The number of aliphatic hydroxyl groups excluding tert-OH is 1. The van der Waals surface area contributed by atoms with E-state index in [1.807, 2.05) is 6.07 Å². The molecule has 0 radical (unpaired) electrons. The molecule has 0 aromatic carbocycles. The van der Waals surface area contributed by atoms with Gasteiger partial charge in [-0.3, -0.25) is 5.32 Å². The average molecular weight is 238 g/mol. The zero-order valence-electron chi connectivity index (χ0n) is 9.27. The van der Waals surface area contributed by atoms with E-state index in [4.69, 9.17) is 10.4 Å². The van der Waals surface area contributed by atoms with Crippen LogP contribution in [0.2, 0.25) is 0 Å². The molecule has 0 spiro atoms. The van der Waals surface area contributed by atoms with E-state index in [2.05, 4.69) is 5.32 Å². The lowest BCUT2D eigenvalue weighted by atomic mass is 9.96. The number of rotatable bonds is 7. The first-order valence-electron chi connectivity index (χ1n) is 5.17. The molecule has 3 nitrogen and oxygen atoms in total. The number of halogens is 3. The molecule has 16 heavy (non-hydrogen) atoms. The first kappa shape index (κ1) is 15.2. The molecular weight excluding hydrogens is 221 g/mol. The van der Waals surface area contributed by atoms with E-state index in [9.17, 15) is 13.2 Å². The Bertz CT molecular complexity index is 237. The Hall–Kier alpha value is -0.800. The summed E-state index contributed by atoms with van der Waals surface area (Å²) in [6.45, 7) is 1.99. The van der Waals surface area contributed by atoms with Gasteiger partial charge in [0.2, 0.25) is 0 Å². The number of aliphatic hydroxyl groups is 1. The largest absolute Gasteiger partial charge is 0.396 e. The molecule has 0 aliphatic carbocycles. The van der Waals surface area contributed by atoms with Crippen LogP contribution in [0.3, 0.4) is 0 Å². The maximum absolute atomic E-state index is 11.9. The Kier molecular flexibility index (Phi) is 6.38. The summed E-state index contributed by atoms with van der Waals surface area (Å²) in [4.78, 5) is 0. The molecule has 0 aliphatic heterocycles. The van der Waals surface area contributed by atoms with Crippen LogP contribution in [0.5, 0.6) is 0 Å². The Morgan fingerprint density at radius 1 is 1.25 bits per heavy atom. The molecule has 94 valence electrons. The van der Waals surface area contributed by atoms with Gasteiger partial charge in [0.25, 0.3) is 0 Å². The van der Waals surface area contributed by atoms with Gasteiger partial charge < -0.3 is 5.11 Å². The van der Waals surface area contributed by atoms with Crippen molar-refractivity contribution in [3.8, 4) is 6.07 Å². The number of hydrogen-bond acceptors (Lipinski definition) is 3. The topological polar surface area (TPSA) is 56.0 Å². The summed E-state index contributed by atoms with van der Waals surface area (Å²) >= 11 is 0. The Morgan fingerprint density at radius 3 is 2.31 bits per heavy atom. The smallest absolute Gasteiger partial charge is 0.389 e. The molecule has 0 saturated carbocycles. The van der Waals surface area contributed by atoms with Crippen molar-refractivity contribution in [3.63, 3.8) is 0 Å². The van der Waals surface area contributed by atoms with Gasteiger partial charge in [0.15, 0.2) is 0 Å². The molecule has 6 heteroatoms. The monoisotopic (exact) mass is 238 g/mol. The number of nitrogens with one attached hydrogen (secondary N) is 1. The van der Waals surface area contributed by atoms with E-state index < -0.39 is 18.1 Å². The molecule has 0 aromatic rings. The standard InChI is InChI=1S/C10H17F3N2O/c1-9(8-14,15-6-3-7-16)4-2-5-10(11,12)13/h15-16H,2-7H2,1H3. The molecule has 0 amide bonds. The van der Waals surface area contributed by atoms with Gasteiger partial charge in [-0.05, 0) is 32.7 Å². The van der Waals surface area contributed by atoms with E-state index in [0.717, 1.165) is 0 Å². The zero-order valence-corrected chi connectivity index (χ0v) is 9.27. The lowest BCUT2D eigenvalue weighted by Crippen LogP contribution is -2.41. The highest BCUT2D eigenvalue weighted by Gasteiger charge is 2.29. The zero-order chi connectivity index (χ0) is 12.7. The summed E-state index contributed by atoms with van der Waals surface area (Å²) in [6, 6.07) is 1.96. The summed E-state index contributed by atoms with van der Waals surface area (Å²) < 4.78 is 35.7. The SMILES string of the molecule is CC(C#N)(CCCC(F)(F)F)NCCCO. The predicted octanol–water partition coefficient (Wildman–Crippen LogP) is 1.97. The van der Waals surface area contributed by atoms with Crippen molar-refractivity contribution < 1.29 is 18.3 Å². The number of nitriles is 1. The van der Waals surface area contributed by atoms with E-state index >= 15 is 0 Å². The van der Waals surface area contributed by atoms with Crippen LogP contribution >= 0.6 is 0 Å². The fourth-order valence-electron chi connectivity index (χ4n) is 1.27. The third-order valence-electron chi connectivity index (χ3n) is 2.23. The highest BCUT2D eigenvalue weighted by atomic mass is 19.4. The molecule has 0 bridgehead atoms. The number of nitrogens with zero attached hydrogens (tertiary/aromatic N) is 1. The van der Waals surface area contributed by atoms with Gasteiger partial charge in [0, 0.05) is 13.0 Å². The third kappa shape index (κ3) is 7.49. The Labute approximate surface area is 93.3 Å². The fourth-order valence-corrected chi connectivity index (χ4v) is 1.27. The van der Waals surface area contributed by atoms with Crippen LogP contribution in [0, 0.1) is 11.3 Å². The second kappa shape index (κ2) is 6.71. The summed E-state index contributed by atoms with van der Waals surface area (Å²) in [5, 5.41) is 20.2. The summed E-state index contributed by atoms with van der Waals surface area (Å²) in [5.41, 5.74) is -0.944. The fraction of sp³-hybridized carbons (Fsp3) is 0.900. The molecule has 0 heterocycles. The van der Waals surface area contributed by atoms with Crippen molar-refractivity contribution in [1.29, 1.82) is 5.26 Å². The van der Waals surface area contributed by atoms with E-state index in [0.29, 0.717) is 13.0 Å². The van der Waals surface area contributed by atoms with E-state index in [1.54, 1.807) is 6.92 Å². The van der Waals surface area contributed by atoms with Gasteiger partial charge in [-0.1, -0.05) is 0 Å². The lowest BCUT2D eigenvalue weighted by Gasteiger charge is -2.23. The van der Waals surface area contributed by atoms with E-state index in [-0.39, 0.29) is 19.4 Å². The van der Waals surface area contributed by atoms with Gasteiger partial charge in [0.1, 0.15) is 5.54 Å². The minimum atomic E-state index is -4.17. The van der Waals surface area contributed by atoms with Crippen LogP contribution in [-0.4, -0.2) is 30.0 Å². The Balaban J connectivity index is 3.93. The van der Waals surface area contributed by atoms with Crippen LogP contribution in [0.25, 0.3) is 0 Å². The Morgan fingerprint density at radius 2 is 1.88 bits per heavy atom. The van der Waals surface area contributed by atoms with Gasteiger partial charge in [0.05, 0.1) is 6.07 Å². The predicted molar refractivity (Wildman–Crippen MR) is 53.6 cm³/mol. The van der Waals surface area contributed by atoms with Crippen LogP contribution in [0.15, 0.2) is 0 Å². The molecule has 1 unspecified atom stereocenters. The summed E-state index contributed by atoms with van der Waals surface area (Å²) in [6.07, 6.45) is -4.47. The van der Waals surface area contributed by atoms with E-state index in [1.165, 1.54) is 0 Å². The lowest BCUT2D eigenvalue weighted by molar-refractivity contribution is -0.136. The van der Waals surface area contributed by atoms with Gasteiger partial charge in [-0.25, -0.2) is 0 Å².